The first-order valence-electron chi connectivity index (χ1n) is 6.96. The third-order valence-corrected chi connectivity index (χ3v) is 3.87. The van der Waals surface area contributed by atoms with Crippen molar-refractivity contribution in [2.45, 2.75) is 51.2 Å². The van der Waals surface area contributed by atoms with Gasteiger partial charge in [0.15, 0.2) is 0 Å². The van der Waals surface area contributed by atoms with Crippen LogP contribution in [-0.2, 0) is 4.74 Å². The molecule has 3 nitrogen and oxygen atoms in total. The van der Waals surface area contributed by atoms with E-state index >= 15 is 0 Å². The van der Waals surface area contributed by atoms with Crippen molar-refractivity contribution in [2.75, 3.05) is 32.8 Å². The van der Waals surface area contributed by atoms with Gasteiger partial charge in [-0.2, -0.15) is 0 Å². The number of rotatable bonds is 3. The van der Waals surface area contributed by atoms with Gasteiger partial charge in [-0.15, -0.1) is 0 Å². The lowest BCUT2D eigenvalue weighted by molar-refractivity contribution is -0.00890. The molecule has 2 saturated heterocycles. The topological polar surface area (TPSA) is 24.5 Å². The lowest BCUT2D eigenvalue weighted by Gasteiger charge is -2.37. The van der Waals surface area contributed by atoms with Gasteiger partial charge >= 0.3 is 0 Å². The normalized spacial score (nSPS) is 33.6. The summed E-state index contributed by atoms with van der Waals surface area (Å²) >= 11 is 0. The molecule has 0 aliphatic carbocycles. The zero-order valence-electron chi connectivity index (χ0n) is 10.6. The summed E-state index contributed by atoms with van der Waals surface area (Å²) in [7, 11) is 0. The molecule has 0 bridgehead atoms. The van der Waals surface area contributed by atoms with Crippen molar-refractivity contribution in [3.8, 4) is 0 Å². The van der Waals surface area contributed by atoms with Crippen molar-refractivity contribution < 1.29 is 4.74 Å². The summed E-state index contributed by atoms with van der Waals surface area (Å²) in [4.78, 5) is 2.68. The maximum absolute atomic E-state index is 5.78. The van der Waals surface area contributed by atoms with E-state index in [2.05, 4.69) is 17.1 Å². The van der Waals surface area contributed by atoms with Crippen molar-refractivity contribution in [1.82, 2.24) is 10.2 Å². The van der Waals surface area contributed by atoms with Crippen molar-refractivity contribution >= 4 is 0 Å². The van der Waals surface area contributed by atoms with Crippen molar-refractivity contribution in [3.63, 3.8) is 0 Å². The Hall–Kier alpha value is -0.120. The molecular weight excluding hydrogens is 200 g/mol. The summed E-state index contributed by atoms with van der Waals surface area (Å²) in [5.41, 5.74) is 0. The molecule has 0 amide bonds. The van der Waals surface area contributed by atoms with Crippen LogP contribution in [0.2, 0.25) is 0 Å². The number of likely N-dealkylation sites (tertiary alicyclic amines) is 1. The number of hydrogen-bond acceptors (Lipinski definition) is 3. The fraction of sp³-hybridized carbons (Fsp3) is 1.00. The molecule has 3 heteroatoms. The Morgan fingerprint density at radius 2 is 2.12 bits per heavy atom. The lowest BCUT2D eigenvalue weighted by Crippen LogP contribution is -2.45. The molecule has 0 aromatic carbocycles. The Bertz CT molecular complexity index is 188. The molecule has 0 aromatic heterocycles. The molecule has 0 spiro atoms. The van der Waals surface area contributed by atoms with Crippen LogP contribution in [0.3, 0.4) is 0 Å². The number of nitrogens with one attached hydrogen (secondary N) is 1. The van der Waals surface area contributed by atoms with E-state index in [1.807, 2.05) is 0 Å². The number of ether oxygens (including phenoxy) is 1. The van der Waals surface area contributed by atoms with E-state index in [9.17, 15) is 0 Å². The summed E-state index contributed by atoms with van der Waals surface area (Å²) in [5, 5.41) is 3.49. The average Bonchev–Trinajstić information content (AvgIpc) is 2.58. The average molecular weight is 226 g/mol. The first-order valence-corrected chi connectivity index (χ1v) is 6.96. The molecule has 1 N–H and O–H groups in total. The maximum Gasteiger partial charge on any atom is 0.0702 e. The van der Waals surface area contributed by atoms with E-state index in [4.69, 9.17) is 4.74 Å². The van der Waals surface area contributed by atoms with Crippen LogP contribution in [0.4, 0.5) is 0 Å². The van der Waals surface area contributed by atoms with Gasteiger partial charge in [-0.3, -0.25) is 4.90 Å². The SMILES string of the molecule is CCOC1CCCN(C2CCCNCC2)C1. The highest BCUT2D eigenvalue weighted by molar-refractivity contribution is 4.81. The summed E-state index contributed by atoms with van der Waals surface area (Å²) in [6, 6.07) is 0.804. The third-order valence-electron chi connectivity index (χ3n) is 3.87. The zero-order chi connectivity index (χ0) is 11.2. The molecule has 2 heterocycles. The summed E-state index contributed by atoms with van der Waals surface area (Å²) in [6.07, 6.45) is 7.09. The molecule has 2 rings (SSSR count). The minimum atomic E-state index is 0.495. The number of nitrogens with zero attached hydrogens (tertiary/aromatic N) is 1. The Labute approximate surface area is 99.5 Å². The predicted octanol–water partition coefficient (Wildman–Crippen LogP) is 1.63. The fourth-order valence-corrected chi connectivity index (χ4v) is 3.04. The molecule has 0 saturated carbocycles. The predicted molar refractivity (Wildman–Crippen MR) is 66.7 cm³/mol. The Morgan fingerprint density at radius 3 is 3.00 bits per heavy atom. The van der Waals surface area contributed by atoms with Crippen LogP contribution < -0.4 is 5.32 Å². The monoisotopic (exact) mass is 226 g/mol. The Balaban J connectivity index is 1.82. The van der Waals surface area contributed by atoms with E-state index in [0.717, 1.165) is 12.6 Å². The first-order chi connectivity index (χ1) is 7.90. The van der Waals surface area contributed by atoms with Gasteiger partial charge in [0, 0.05) is 19.2 Å². The summed E-state index contributed by atoms with van der Waals surface area (Å²) < 4.78 is 5.78. The number of piperidine rings is 1. The van der Waals surface area contributed by atoms with Crippen LogP contribution >= 0.6 is 0 Å². The molecule has 0 aromatic rings. The van der Waals surface area contributed by atoms with Gasteiger partial charge in [0.25, 0.3) is 0 Å². The summed E-state index contributed by atoms with van der Waals surface area (Å²) in [6.45, 7) is 7.83. The maximum atomic E-state index is 5.78. The second-order valence-corrected chi connectivity index (χ2v) is 5.05. The standard InChI is InChI=1S/C13H26N2O/c1-2-16-13-6-4-10-15(11-13)12-5-3-8-14-9-7-12/h12-14H,2-11H2,1H3. The second-order valence-electron chi connectivity index (χ2n) is 5.05. The first kappa shape index (κ1) is 12.3. The fourth-order valence-electron chi connectivity index (χ4n) is 3.04. The molecule has 2 unspecified atom stereocenters. The van der Waals surface area contributed by atoms with Crippen molar-refractivity contribution in [2.24, 2.45) is 0 Å². The van der Waals surface area contributed by atoms with Crippen LogP contribution in [0.1, 0.15) is 39.0 Å². The Morgan fingerprint density at radius 1 is 1.19 bits per heavy atom. The molecule has 2 fully saturated rings. The Kier molecular flexibility index (Phi) is 5.07. The van der Waals surface area contributed by atoms with Gasteiger partial charge in [-0.25, -0.2) is 0 Å². The summed E-state index contributed by atoms with van der Waals surface area (Å²) in [5.74, 6) is 0. The van der Waals surface area contributed by atoms with E-state index in [1.165, 1.54) is 58.3 Å². The molecular formula is C13H26N2O. The minimum absolute atomic E-state index is 0.495. The van der Waals surface area contributed by atoms with E-state index in [1.54, 1.807) is 0 Å². The van der Waals surface area contributed by atoms with Crippen LogP contribution in [0.25, 0.3) is 0 Å². The zero-order valence-corrected chi connectivity index (χ0v) is 10.6. The molecule has 2 atom stereocenters. The van der Waals surface area contributed by atoms with Crippen molar-refractivity contribution in [3.05, 3.63) is 0 Å². The van der Waals surface area contributed by atoms with E-state index < -0.39 is 0 Å². The second kappa shape index (κ2) is 6.58. The van der Waals surface area contributed by atoms with Crippen LogP contribution in [-0.4, -0.2) is 49.8 Å². The molecule has 2 aliphatic heterocycles. The number of hydrogen-bond donors (Lipinski definition) is 1. The van der Waals surface area contributed by atoms with Crippen LogP contribution in [0.5, 0.6) is 0 Å². The third kappa shape index (κ3) is 3.44. The molecule has 16 heavy (non-hydrogen) atoms. The highest BCUT2D eigenvalue weighted by atomic mass is 16.5. The van der Waals surface area contributed by atoms with Crippen LogP contribution in [0, 0.1) is 0 Å². The van der Waals surface area contributed by atoms with E-state index in [-0.39, 0.29) is 0 Å². The van der Waals surface area contributed by atoms with Gasteiger partial charge < -0.3 is 10.1 Å². The largest absolute Gasteiger partial charge is 0.377 e. The lowest BCUT2D eigenvalue weighted by atomic mass is 10.0. The highest BCUT2D eigenvalue weighted by Gasteiger charge is 2.26. The van der Waals surface area contributed by atoms with Gasteiger partial charge in [0.1, 0.15) is 0 Å². The van der Waals surface area contributed by atoms with Crippen LogP contribution in [0.15, 0.2) is 0 Å². The van der Waals surface area contributed by atoms with Gasteiger partial charge in [-0.05, 0) is 58.7 Å². The van der Waals surface area contributed by atoms with Gasteiger partial charge in [-0.1, -0.05) is 0 Å². The van der Waals surface area contributed by atoms with Gasteiger partial charge in [0.05, 0.1) is 6.10 Å². The molecule has 2 aliphatic rings. The molecule has 0 radical (unpaired) electrons. The highest BCUT2D eigenvalue weighted by Crippen LogP contribution is 2.20. The quantitative estimate of drug-likeness (QED) is 0.791. The molecule has 94 valence electrons. The van der Waals surface area contributed by atoms with Crippen molar-refractivity contribution in [1.29, 1.82) is 0 Å². The minimum Gasteiger partial charge on any atom is -0.377 e. The van der Waals surface area contributed by atoms with E-state index in [0.29, 0.717) is 6.10 Å². The smallest absolute Gasteiger partial charge is 0.0702 e. The van der Waals surface area contributed by atoms with Gasteiger partial charge in [0.2, 0.25) is 0 Å².